The second-order valence-corrected chi connectivity index (χ2v) is 3.58. The highest BCUT2D eigenvalue weighted by molar-refractivity contribution is 5.75. The molecule has 8 heteroatoms. The third-order valence-corrected chi connectivity index (χ3v) is 2.21. The molecule has 0 unspecified atom stereocenters. The van der Waals surface area contributed by atoms with Crippen LogP contribution in [0.5, 0.6) is 11.5 Å². The number of hydrogen-bond acceptors (Lipinski definition) is 5. The molecule has 0 saturated heterocycles. The van der Waals surface area contributed by atoms with Crippen molar-refractivity contribution in [1.82, 2.24) is 0 Å². The Morgan fingerprint density at radius 2 is 2.10 bits per heavy atom. The number of esters is 1. The van der Waals surface area contributed by atoms with Crippen molar-refractivity contribution in [2.24, 2.45) is 0 Å². The average Bonchev–Trinajstić information content (AvgIpc) is 2.32. The van der Waals surface area contributed by atoms with Crippen LogP contribution in [0, 0.1) is 11.3 Å². The molecule has 1 aromatic rings. The van der Waals surface area contributed by atoms with Gasteiger partial charge in [-0.2, -0.15) is 5.26 Å². The Kier molecular flexibility index (Phi) is 4.80. The molecule has 0 saturated carbocycles. The summed E-state index contributed by atoms with van der Waals surface area (Å²) in [6, 6.07) is 3.25. The van der Waals surface area contributed by atoms with Crippen LogP contribution in [0.15, 0.2) is 12.1 Å². The van der Waals surface area contributed by atoms with Crippen molar-refractivity contribution in [1.29, 1.82) is 5.26 Å². The number of carbonyl (C=O) groups excluding carboxylic acids is 1. The van der Waals surface area contributed by atoms with Crippen molar-refractivity contribution in [3.05, 3.63) is 23.3 Å². The number of hydrogen-bond donors (Lipinski definition) is 1. The molecule has 0 atom stereocenters. The fourth-order valence-electron chi connectivity index (χ4n) is 1.49. The van der Waals surface area contributed by atoms with E-state index in [9.17, 15) is 23.1 Å². The number of ether oxygens (including phenoxy) is 2. The van der Waals surface area contributed by atoms with Crippen LogP contribution in [0.25, 0.3) is 0 Å². The lowest BCUT2D eigenvalue weighted by molar-refractivity contribution is -0.275. The number of halogens is 3. The maximum absolute atomic E-state index is 12.3. The van der Waals surface area contributed by atoms with E-state index in [2.05, 4.69) is 9.47 Å². The zero-order valence-electron chi connectivity index (χ0n) is 10.3. The van der Waals surface area contributed by atoms with Crippen molar-refractivity contribution in [2.75, 3.05) is 6.61 Å². The molecule has 1 N–H and O–H groups in total. The summed E-state index contributed by atoms with van der Waals surface area (Å²) in [5.74, 6) is -2.09. The fourth-order valence-corrected chi connectivity index (χ4v) is 1.49. The number of nitrogens with zero attached hydrogens (tertiary/aromatic N) is 1. The minimum Gasteiger partial charge on any atom is -0.507 e. The smallest absolute Gasteiger partial charge is 0.507 e. The Morgan fingerprint density at radius 1 is 1.45 bits per heavy atom. The van der Waals surface area contributed by atoms with Crippen LogP contribution in [0.4, 0.5) is 13.2 Å². The van der Waals surface area contributed by atoms with Crippen LogP contribution in [0.3, 0.4) is 0 Å². The summed E-state index contributed by atoms with van der Waals surface area (Å²) in [6.07, 6.45) is -5.59. The first kappa shape index (κ1) is 15.6. The first-order chi connectivity index (χ1) is 9.28. The SMILES string of the molecule is CCOC(=O)Cc1c(OC(F)(F)F)ccc(O)c1C#N. The van der Waals surface area contributed by atoms with Crippen molar-refractivity contribution in [3.63, 3.8) is 0 Å². The third-order valence-electron chi connectivity index (χ3n) is 2.21. The van der Waals surface area contributed by atoms with Gasteiger partial charge in [0.05, 0.1) is 13.0 Å². The van der Waals surface area contributed by atoms with Crippen molar-refractivity contribution < 1.29 is 32.5 Å². The lowest BCUT2D eigenvalue weighted by Crippen LogP contribution is -2.19. The minimum absolute atomic E-state index is 0.0367. The van der Waals surface area contributed by atoms with Gasteiger partial charge in [-0.25, -0.2) is 0 Å². The Morgan fingerprint density at radius 3 is 2.60 bits per heavy atom. The van der Waals surface area contributed by atoms with Gasteiger partial charge in [-0.15, -0.1) is 13.2 Å². The van der Waals surface area contributed by atoms with Crippen LogP contribution < -0.4 is 4.74 Å². The lowest BCUT2D eigenvalue weighted by atomic mass is 10.0. The number of rotatable bonds is 4. The van der Waals surface area contributed by atoms with Gasteiger partial charge in [-0.05, 0) is 19.1 Å². The summed E-state index contributed by atoms with van der Waals surface area (Å²) in [7, 11) is 0. The summed E-state index contributed by atoms with van der Waals surface area (Å²) in [4.78, 5) is 11.4. The van der Waals surface area contributed by atoms with E-state index in [1.54, 1.807) is 0 Å². The largest absolute Gasteiger partial charge is 0.573 e. The van der Waals surface area contributed by atoms with Gasteiger partial charge in [0.2, 0.25) is 0 Å². The topological polar surface area (TPSA) is 79.6 Å². The summed E-state index contributed by atoms with van der Waals surface area (Å²) in [5, 5.41) is 18.3. The predicted octanol–water partition coefficient (Wildman–Crippen LogP) is 2.27. The van der Waals surface area contributed by atoms with Crippen LogP contribution in [0.2, 0.25) is 0 Å². The zero-order valence-corrected chi connectivity index (χ0v) is 10.3. The van der Waals surface area contributed by atoms with Gasteiger partial charge in [0, 0.05) is 5.56 Å². The molecule has 20 heavy (non-hydrogen) atoms. The molecule has 0 aliphatic rings. The summed E-state index contributed by atoms with van der Waals surface area (Å²) in [6.45, 7) is 1.56. The molecule has 1 aromatic carbocycles. The molecule has 0 bridgehead atoms. The molecule has 0 aliphatic carbocycles. The average molecular weight is 289 g/mol. The molecule has 0 amide bonds. The molecule has 0 fully saturated rings. The molecule has 1 rings (SSSR count). The van der Waals surface area contributed by atoms with E-state index in [0.29, 0.717) is 0 Å². The van der Waals surface area contributed by atoms with Gasteiger partial charge in [0.15, 0.2) is 0 Å². The molecule has 0 heterocycles. The second-order valence-electron chi connectivity index (χ2n) is 3.58. The summed E-state index contributed by atoms with van der Waals surface area (Å²) in [5.41, 5.74) is -0.830. The van der Waals surface area contributed by atoms with Crippen LogP contribution in [-0.2, 0) is 16.0 Å². The van der Waals surface area contributed by atoms with E-state index in [0.717, 1.165) is 12.1 Å². The van der Waals surface area contributed by atoms with E-state index in [-0.39, 0.29) is 12.2 Å². The number of phenolic OH excluding ortho intramolecular Hbond substituents is 1. The molecular formula is C12H10F3NO4. The molecule has 5 nitrogen and oxygen atoms in total. The third kappa shape index (κ3) is 4.05. The number of aromatic hydroxyl groups is 1. The molecule has 0 aliphatic heterocycles. The van der Waals surface area contributed by atoms with Crippen LogP contribution in [0.1, 0.15) is 18.1 Å². The van der Waals surface area contributed by atoms with Gasteiger partial charge in [-0.1, -0.05) is 0 Å². The zero-order chi connectivity index (χ0) is 15.3. The fraction of sp³-hybridized carbons (Fsp3) is 0.333. The van der Waals surface area contributed by atoms with Gasteiger partial charge in [-0.3, -0.25) is 4.79 Å². The quantitative estimate of drug-likeness (QED) is 0.860. The highest BCUT2D eigenvalue weighted by Crippen LogP contribution is 2.33. The standard InChI is InChI=1S/C12H10F3NO4/c1-2-19-11(18)5-7-8(6-16)9(17)3-4-10(7)20-12(13,14)15/h3-4,17H,2,5H2,1H3. The predicted molar refractivity (Wildman–Crippen MR) is 59.8 cm³/mol. The molecule has 0 aromatic heterocycles. The molecule has 0 radical (unpaired) electrons. The van der Waals surface area contributed by atoms with Crippen LogP contribution in [-0.4, -0.2) is 24.0 Å². The number of benzene rings is 1. The Hall–Kier alpha value is -2.43. The normalized spacial score (nSPS) is 10.8. The summed E-state index contributed by atoms with van der Waals surface area (Å²) >= 11 is 0. The van der Waals surface area contributed by atoms with Gasteiger partial charge < -0.3 is 14.6 Å². The van der Waals surface area contributed by atoms with E-state index >= 15 is 0 Å². The van der Waals surface area contributed by atoms with Gasteiger partial charge in [0.25, 0.3) is 0 Å². The monoisotopic (exact) mass is 289 g/mol. The first-order valence-corrected chi connectivity index (χ1v) is 5.44. The van der Waals surface area contributed by atoms with Gasteiger partial charge >= 0.3 is 12.3 Å². The molecule has 0 spiro atoms. The van der Waals surface area contributed by atoms with Crippen LogP contribution >= 0.6 is 0 Å². The Bertz CT molecular complexity index is 549. The van der Waals surface area contributed by atoms with Crippen molar-refractivity contribution in [3.8, 4) is 17.6 Å². The van der Waals surface area contributed by atoms with E-state index in [1.807, 2.05) is 0 Å². The number of carbonyl (C=O) groups is 1. The highest BCUT2D eigenvalue weighted by Gasteiger charge is 2.33. The van der Waals surface area contributed by atoms with Crippen molar-refractivity contribution in [2.45, 2.75) is 19.7 Å². The maximum Gasteiger partial charge on any atom is 0.573 e. The second kappa shape index (κ2) is 6.14. The van der Waals surface area contributed by atoms with E-state index in [4.69, 9.17) is 5.26 Å². The maximum atomic E-state index is 12.3. The highest BCUT2D eigenvalue weighted by atomic mass is 19.4. The Balaban J connectivity index is 3.24. The lowest BCUT2D eigenvalue weighted by Gasteiger charge is -2.14. The number of alkyl halides is 3. The number of phenols is 1. The van der Waals surface area contributed by atoms with E-state index < -0.39 is 35.8 Å². The van der Waals surface area contributed by atoms with E-state index in [1.165, 1.54) is 13.0 Å². The van der Waals surface area contributed by atoms with Crippen molar-refractivity contribution >= 4 is 5.97 Å². The minimum atomic E-state index is -4.98. The first-order valence-electron chi connectivity index (χ1n) is 5.44. The molecular weight excluding hydrogens is 279 g/mol. The number of nitriles is 1. The summed E-state index contributed by atoms with van der Waals surface area (Å²) < 4.78 is 45.1. The van der Waals surface area contributed by atoms with Gasteiger partial charge in [0.1, 0.15) is 23.1 Å². The molecule has 108 valence electrons. The Labute approximate surface area is 112 Å².